The summed E-state index contributed by atoms with van der Waals surface area (Å²) in [6.07, 6.45) is 0. The zero-order valence-corrected chi connectivity index (χ0v) is 13.2. The summed E-state index contributed by atoms with van der Waals surface area (Å²) in [5, 5.41) is 0. The number of fused-ring (bicyclic) bond motifs is 1. The molecule has 0 radical (unpaired) electrons. The molecule has 0 aliphatic rings. The van der Waals surface area contributed by atoms with Gasteiger partial charge in [-0.15, -0.1) is 0 Å². The summed E-state index contributed by atoms with van der Waals surface area (Å²) in [4.78, 5) is 8.72. The monoisotopic (exact) mass is 330 g/mol. The molecule has 102 valence electrons. The second-order valence-corrected chi connectivity index (χ2v) is 6.61. The molecule has 20 heavy (non-hydrogen) atoms. The highest BCUT2D eigenvalue weighted by molar-refractivity contribution is 9.10. The van der Waals surface area contributed by atoms with E-state index in [1.54, 1.807) is 0 Å². The van der Waals surface area contributed by atoms with E-state index < -0.39 is 0 Å². The van der Waals surface area contributed by atoms with Crippen LogP contribution in [0, 0.1) is 0 Å². The van der Waals surface area contributed by atoms with E-state index >= 15 is 0 Å². The van der Waals surface area contributed by atoms with Gasteiger partial charge in [0, 0.05) is 5.56 Å². The molecule has 1 aromatic carbocycles. The van der Waals surface area contributed by atoms with Crippen molar-refractivity contribution in [1.29, 1.82) is 0 Å². The lowest BCUT2D eigenvalue weighted by Crippen LogP contribution is -2.10. The van der Waals surface area contributed by atoms with Gasteiger partial charge in [0.25, 0.3) is 0 Å². The Labute approximate surface area is 126 Å². The maximum absolute atomic E-state index is 5.74. The highest BCUT2D eigenvalue weighted by Crippen LogP contribution is 2.27. The Balaban J connectivity index is 2.02. The Kier molecular flexibility index (Phi) is 3.13. The number of rotatable bonds is 1. The summed E-state index contributed by atoms with van der Waals surface area (Å²) in [5.74, 6) is 0.603. The van der Waals surface area contributed by atoms with Gasteiger partial charge in [-0.1, -0.05) is 32.9 Å². The van der Waals surface area contributed by atoms with Crippen molar-refractivity contribution in [2.24, 2.45) is 0 Å². The minimum Gasteiger partial charge on any atom is -0.434 e. The van der Waals surface area contributed by atoms with Crippen LogP contribution in [0.2, 0.25) is 0 Å². The average molecular weight is 331 g/mol. The molecular weight excluding hydrogens is 316 g/mol. The van der Waals surface area contributed by atoms with Crippen molar-refractivity contribution >= 4 is 27.2 Å². The van der Waals surface area contributed by atoms with E-state index in [1.807, 2.05) is 24.3 Å². The first-order chi connectivity index (χ1) is 9.43. The van der Waals surface area contributed by atoms with E-state index in [9.17, 15) is 0 Å². The molecular formula is C16H15BrN2O. The lowest BCUT2D eigenvalue weighted by Gasteiger charge is -2.18. The standard InChI is InChI=1S/C16H15BrN2O/c1-16(2,3)11-6-4-10(5-7-11)15-19-14-12(20-15)8-9-13(17)18-14/h4-9H,1-3H3. The largest absolute Gasteiger partial charge is 0.434 e. The summed E-state index contributed by atoms with van der Waals surface area (Å²) >= 11 is 3.34. The minimum atomic E-state index is 0.145. The minimum absolute atomic E-state index is 0.145. The van der Waals surface area contributed by atoms with Gasteiger partial charge in [-0.25, -0.2) is 4.98 Å². The van der Waals surface area contributed by atoms with Crippen LogP contribution in [0.4, 0.5) is 0 Å². The van der Waals surface area contributed by atoms with Crippen LogP contribution in [0.25, 0.3) is 22.7 Å². The molecule has 0 aliphatic heterocycles. The first-order valence-electron chi connectivity index (χ1n) is 6.47. The number of hydrogen-bond donors (Lipinski definition) is 0. The lowest BCUT2D eigenvalue weighted by atomic mass is 9.87. The SMILES string of the molecule is CC(C)(C)c1ccc(-c2nc3nc(Br)ccc3o2)cc1. The molecule has 2 heterocycles. The number of nitrogens with zero attached hydrogens (tertiary/aromatic N) is 2. The van der Waals surface area contributed by atoms with Crippen LogP contribution in [-0.2, 0) is 5.41 Å². The smallest absolute Gasteiger partial charge is 0.228 e. The third-order valence-electron chi connectivity index (χ3n) is 3.22. The Hall–Kier alpha value is -1.68. The van der Waals surface area contributed by atoms with E-state index in [0.717, 1.165) is 10.2 Å². The molecule has 0 spiro atoms. The van der Waals surface area contributed by atoms with Crippen molar-refractivity contribution in [3.05, 3.63) is 46.6 Å². The Morgan fingerprint density at radius 1 is 0.950 bits per heavy atom. The molecule has 0 saturated heterocycles. The molecule has 3 rings (SSSR count). The van der Waals surface area contributed by atoms with Crippen LogP contribution in [0.1, 0.15) is 26.3 Å². The van der Waals surface area contributed by atoms with E-state index in [4.69, 9.17) is 4.42 Å². The highest BCUT2D eigenvalue weighted by Gasteiger charge is 2.14. The lowest BCUT2D eigenvalue weighted by molar-refractivity contribution is 0.589. The van der Waals surface area contributed by atoms with Crippen LogP contribution < -0.4 is 0 Å². The maximum Gasteiger partial charge on any atom is 0.228 e. The van der Waals surface area contributed by atoms with Crippen LogP contribution >= 0.6 is 15.9 Å². The Morgan fingerprint density at radius 2 is 1.65 bits per heavy atom. The van der Waals surface area contributed by atoms with Gasteiger partial charge in [0.1, 0.15) is 4.60 Å². The van der Waals surface area contributed by atoms with Crippen molar-refractivity contribution in [2.75, 3.05) is 0 Å². The van der Waals surface area contributed by atoms with Crippen LogP contribution in [0.15, 0.2) is 45.4 Å². The van der Waals surface area contributed by atoms with Crippen LogP contribution in [0.3, 0.4) is 0 Å². The zero-order chi connectivity index (χ0) is 14.3. The van der Waals surface area contributed by atoms with Gasteiger partial charge in [0.2, 0.25) is 5.89 Å². The molecule has 0 fully saturated rings. The summed E-state index contributed by atoms with van der Waals surface area (Å²) in [6.45, 7) is 6.59. The first kappa shape index (κ1) is 13.3. The van der Waals surface area contributed by atoms with Gasteiger partial charge in [0.05, 0.1) is 0 Å². The first-order valence-corrected chi connectivity index (χ1v) is 7.27. The second kappa shape index (κ2) is 4.70. The molecule has 2 aromatic heterocycles. The third kappa shape index (κ3) is 2.48. The van der Waals surface area contributed by atoms with Gasteiger partial charge < -0.3 is 4.42 Å². The molecule has 3 aromatic rings. The van der Waals surface area contributed by atoms with E-state index in [2.05, 4.69) is 58.8 Å². The van der Waals surface area contributed by atoms with Gasteiger partial charge in [-0.3, -0.25) is 0 Å². The van der Waals surface area contributed by atoms with Crippen LogP contribution in [0.5, 0.6) is 0 Å². The molecule has 3 nitrogen and oxygen atoms in total. The Morgan fingerprint density at radius 3 is 2.30 bits per heavy atom. The fourth-order valence-corrected chi connectivity index (χ4v) is 2.33. The van der Waals surface area contributed by atoms with E-state index in [0.29, 0.717) is 17.1 Å². The molecule has 0 amide bonds. The number of pyridine rings is 1. The van der Waals surface area contributed by atoms with Crippen molar-refractivity contribution in [2.45, 2.75) is 26.2 Å². The quantitative estimate of drug-likeness (QED) is 0.592. The van der Waals surface area contributed by atoms with Crippen molar-refractivity contribution in [3.63, 3.8) is 0 Å². The van der Waals surface area contributed by atoms with E-state index in [-0.39, 0.29) is 5.41 Å². The normalized spacial score (nSPS) is 12.0. The third-order valence-corrected chi connectivity index (χ3v) is 3.66. The molecule has 0 saturated carbocycles. The van der Waals surface area contributed by atoms with Crippen molar-refractivity contribution in [3.8, 4) is 11.5 Å². The number of hydrogen-bond acceptors (Lipinski definition) is 3. The number of halogens is 1. The highest BCUT2D eigenvalue weighted by atomic mass is 79.9. The van der Waals surface area contributed by atoms with Crippen LogP contribution in [-0.4, -0.2) is 9.97 Å². The van der Waals surface area contributed by atoms with Gasteiger partial charge >= 0.3 is 0 Å². The van der Waals surface area contributed by atoms with E-state index in [1.165, 1.54) is 5.56 Å². The molecule has 4 heteroatoms. The topological polar surface area (TPSA) is 38.9 Å². The van der Waals surface area contributed by atoms with Gasteiger partial charge in [0.15, 0.2) is 11.2 Å². The second-order valence-electron chi connectivity index (χ2n) is 5.80. The summed E-state index contributed by atoms with van der Waals surface area (Å²) in [7, 11) is 0. The number of aromatic nitrogens is 2. The summed E-state index contributed by atoms with van der Waals surface area (Å²) < 4.78 is 6.50. The molecule has 0 aliphatic carbocycles. The molecule has 0 bridgehead atoms. The average Bonchev–Trinajstić information content (AvgIpc) is 2.80. The number of benzene rings is 1. The molecule has 0 N–H and O–H groups in total. The molecule has 0 unspecified atom stereocenters. The van der Waals surface area contributed by atoms with Gasteiger partial charge in [-0.2, -0.15) is 4.98 Å². The van der Waals surface area contributed by atoms with Crippen molar-refractivity contribution < 1.29 is 4.42 Å². The Bertz CT molecular complexity index is 754. The number of oxazole rings is 1. The van der Waals surface area contributed by atoms with Gasteiger partial charge in [-0.05, 0) is 51.2 Å². The van der Waals surface area contributed by atoms with Crippen molar-refractivity contribution in [1.82, 2.24) is 9.97 Å². The summed E-state index contributed by atoms with van der Waals surface area (Å²) in [6, 6.07) is 12.0. The fourth-order valence-electron chi connectivity index (χ4n) is 2.03. The fraction of sp³-hybridized carbons (Fsp3) is 0.250. The molecule has 0 atom stereocenters. The predicted molar refractivity (Wildman–Crippen MR) is 83.6 cm³/mol. The zero-order valence-electron chi connectivity index (χ0n) is 11.6. The summed E-state index contributed by atoms with van der Waals surface area (Å²) in [5.41, 5.74) is 3.72. The predicted octanol–water partition coefficient (Wildman–Crippen LogP) is 4.95. The maximum atomic E-state index is 5.74.